The Labute approximate surface area is 116 Å². The molecule has 2 atom stereocenters. The lowest BCUT2D eigenvalue weighted by Gasteiger charge is -2.34. The van der Waals surface area contributed by atoms with E-state index in [0.717, 1.165) is 13.0 Å². The Morgan fingerprint density at radius 1 is 1.58 bits per heavy atom. The van der Waals surface area contributed by atoms with Gasteiger partial charge in [-0.25, -0.2) is 4.98 Å². The quantitative estimate of drug-likeness (QED) is 0.829. The molecule has 2 aliphatic heterocycles. The molecule has 5 nitrogen and oxygen atoms in total. The Morgan fingerprint density at radius 2 is 2.42 bits per heavy atom. The monoisotopic (exact) mass is 281 g/mol. The number of nitrogen functional groups attached to an aromatic ring is 1. The molecule has 0 saturated carbocycles. The number of ether oxygens (including phenoxy) is 1. The number of pyridine rings is 1. The number of nitrogens with zero attached hydrogens (tertiary/aromatic N) is 2. The van der Waals surface area contributed by atoms with Crippen molar-refractivity contribution >= 4 is 23.2 Å². The van der Waals surface area contributed by atoms with E-state index in [-0.39, 0.29) is 11.6 Å². The minimum atomic E-state index is -0.461. The zero-order valence-corrected chi connectivity index (χ0v) is 11.3. The molecule has 3 rings (SSSR count). The molecule has 3 heterocycles. The van der Waals surface area contributed by atoms with Crippen LogP contribution in [-0.4, -0.2) is 47.5 Å². The van der Waals surface area contributed by atoms with E-state index < -0.39 is 6.10 Å². The summed E-state index contributed by atoms with van der Waals surface area (Å²) in [6.45, 7) is 2.29. The number of morpholine rings is 1. The predicted octanol–water partition coefficient (Wildman–Crippen LogP) is 1.36. The second-order valence-corrected chi connectivity index (χ2v) is 5.50. The maximum atomic E-state index is 12.4. The molecule has 0 bridgehead atoms. The first-order valence-electron chi connectivity index (χ1n) is 6.46. The van der Waals surface area contributed by atoms with Crippen LogP contribution in [0.3, 0.4) is 0 Å². The number of carbonyl (C=O) groups is 1. The van der Waals surface area contributed by atoms with Gasteiger partial charge in [-0.05, 0) is 25.5 Å². The van der Waals surface area contributed by atoms with Gasteiger partial charge in [0.15, 0.2) is 5.78 Å². The first-order chi connectivity index (χ1) is 9.15. The van der Waals surface area contributed by atoms with E-state index in [1.807, 2.05) is 0 Å². The van der Waals surface area contributed by atoms with Crippen LogP contribution in [0, 0.1) is 0 Å². The van der Waals surface area contributed by atoms with Crippen molar-refractivity contribution in [3.8, 4) is 0 Å². The van der Waals surface area contributed by atoms with E-state index in [2.05, 4.69) is 9.88 Å². The van der Waals surface area contributed by atoms with Gasteiger partial charge in [0.1, 0.15) is 11.9 Å². The Hall–Kier alpha value is -1.17. The Balaban J connectivity index is 1.78. The smallest absolute Gasteiger partial charge is 0.196 e. The van der Waals surface area contributed by atoms with Crippen LogP contribution in [0.25, 0.3) is 0 Å². The fraction of sp³-hybridized carbons (Fsp3) is 0.538. The highest BCUT2D eigenvalue weighted by molar-refractivity contribution is 6.31. The number of nitrogens with two attached hydrogens (primary N) is 1. The average molecular weight is 282 g/mol. The van der Waals surface area contributed by atoms with Crippen LogP contribution in [0.2, 0.25) is 5.02 Å². The van der Waals surface area contributed by atoms with Crippen LogP contribution < -0.4 is 5.73 Å². The largest absolute Gasteiger partial charge is 0.383 e. The van der Waals surface area contributed by atoms with Gasteiger partial charge in [0.2, 0.25) is 0 Å². The first kappa shape index (κ1) is 12.8. The summed E-state index contributed by atoms with van der Waals surface area (Å²) in [7, 11) is 0. The van der Waals surface area contributed by atoms with Crippen molar-refractivity contribution in [2.45, 2.75) is 25.0 Å². The second kappa shape index (κ2) is 5.07. The predicted molar refractivity (Wildman–Crippen MR) is 72.3 cm³/mol. The summed E-state index contributed by atoms with van der Waals surface area (Å²) in [5.41, 5.74) is 6.10. The summed E-state index contributed by atoms with van der Waals surface area (Å²) in [4.78, 5) is 18.7. The van der Waals surface area contributed by atoms with Crippen molar-refractivity contribution in [1.29, 1.82) is 0 Å². The minimum absolute atomic E-state index is 0.127. The molecule has 0 aliphatic carbocycles. The third-order valence-electron chi connectivity index (χ3n) is 3.83. The summed E-state index contributed by atoms with van der Waals surface area (Å²) in [6, 6.07) is 2.03. The van der Waals surface area contributed by atoms with Gasteiger partial charge in [-0.3, -0.25) is 9.69 Å². The Morgan fingerprint density at radius 3 is 3.26 bits per heavy atom. The molecule has 2 unspecified atom stereocenters. The van der Waals surface area contributed by atoms with Crippen molar-refractivity contribution in [3.63, 3.8) is 0 Å². The molecule has 1 aromatic heterocycles. The lowest BCUT2D eigenvalue weighted by Crippen LogP contribution is -2.49. The van der Waals surface area contributed by atoms with Gasteiger partial charge < -0.3 is 10.5 Å². The van der Waals surface area contributed by atoms with Crippen LogP contribution in [0.5, 0.6) is 0 Å². The fourth-order valence-corrected chi connectivity index (χ4v) is 2.95. The highest BCUT2D eigenvalue weighted by Crippen LogP contribution is 2.25. The van der Waals surface area contributed by atoms with E-state index in [1.54, 1.807) is 6.07 Å². The van der Waals surface area contributed by atoms with E-state index in [0.29, 0.717) is 29.8 Å². The number of hydrogen-bond acceptors (Lipinski definition) is 5. The van der Waals surface area contributed by atoms with Crippen LogP contribution >= 0.6 is 11.6 Å². The molecular formula is C13H16ClN3O2. The minimum Gasteiger partial charge on any atom is -0.383 e. The molecule has 0 spiro atoms. The summed E-state index contributed by atoms with van der Waals surface area (Å²) in [6.07, 6.45) is 3.31. The molecule has 19 heavy (non-hydrogen) atoms. The second-order valence-electron chi connectivity index (χ2n) is 5.06. The molecular weight excluding hydrogens is 266 g/mol. The third-order valence-corrected chi connectivity index (χ3v) is 4.04. The number of rotatable bonds is 2. The summed E-state index contributed by atoms with van der Waals surface area (Å²) < 4.78 is 5.69. The van der Waals surface area contributed by atoms with Crippen molar-refractivity contribution < 1.29 is 9.53 Å². The molecule has 1 aromatic rings. The van der Waals surface area contributed by atoms with Gasteiger partial charge in [0.05, 0.1) is 17.2 Å². The third kappa shape index (κ3) is 2.45. The summed E-state index contributed by atoms with van der Waals surface area (Å²) in [5, 5.41) is 0.410. The van der Waals surface area contributed by atoms with Crippen molar-refractivity contribution in [3.05, 3.63) is 22.8 Å². The van der Waals surface area contributed by atoms with Crippen LogP contribution in [0.1, 0.15) is 23.2 Å². The highest BCUT2D eigenvalue weighted by atomic mass is 35.5. The first-order valence-corrected chi connectivity index (χ1v) is 6.84. The van der Waals surface area contributed by atoms with Crippen LogP contribution in [0.15, 0.2) is 12.3 Å². The van der Waals surface area contributed by atoms with Gasteiger partial charge in [-0.2, -0.15) is 0 Å². The normalized spacial score (nSPS) is 27.2. The maximum Gasteiger partial charge on any atom is 0.196 e. The molecule has 2 saturated heterocycles. The maximum absolute atomic E-state index is 12.4. The molecule has 2 fully saturated rings. The standard InChI is InChI=1S/C13H16ClN3O2/c14-8-4-10(13(15)16-5-8)12(18)11-6-17-3-1-2-9(17)7-19-11/h4-5,9,11H,1-3,6-7H2,(H2,15,16). The molecule has 6 heteroatoms. The van der Waals surface area contributed by atoms with Crippen molar-refractivity contribution in [2.75, 3.05) is 25.4 Å². The van der Waals surface area contributed by atoms with Crippen LogP contribution in [0.4, 0.5) is 5.82 Å². The van der Waals surface area contributed by atoms with Gasteiger partial charge in [0.25, 0.3) is 0 Å². The fourth-order valence-electron chi connectivity index (χ4n) is 2.80. The zero-order valence-electron chi connectivity index (χ0n) is 10.5. The molecule has 2 N–H and O–H groups in total. The van der Waals surface area contributed by atoms with E-state index in [1.165, 1.54) is 12.6 Å². The van der Waals surface area contributed by atoms with E-state index >= 15 is 0 Å². The lowest BCUT2D eigenvalue weighted by molar-refractivity contribution is -0.0344. The Bertz CT molecular complexity index is 509. The molecule has 102 valence electrons. The molecule has 0 aromatic carbocycles. The summed E-state index contributed by atoms with van der Waals surface area (Å²) in [5.74, 6) is 0.0828. The van der Waals surface area contributed by atoms with E-state index in [4.69, 9.17) is 22.1 Å². The van der Waals surface area contributed by atoms with Gasteiger partial charge in [0, 0.05) is 18.8 Å². The number of aromatic nitrogens is 1. The lowest BCUT2D eigenvalue weighted by atomic mass is 10.0. The highest BCUT2D eigenvalue weighted by Gasteiger charge is 2.36. The number of Topliss-reactive ketones (excluding diaryl/α,β-unsaturated/α-hetero) is 1. The number of halogens is 1. The number of fused-ring (bicyclic) bond motifs is 1. The number of carbonyl (C=O) groups excluding carboxylic acids is 1. The number of anilines is 1. The zero-order chi connectivity index (χ0) is 13.4. The van der Waals surface area contributed by atoms with Gasteiger partial charge in [-0.1, -0.05) is 11.6 Å². The SMILES string of the molecule is Nc1ncc(Cl)cc1C(=O)C1CN2CCCC2CO1. The van der Waals surface area contributed by atoms with Crippen molar-refractivity contribution in [2.24, 2.45) is 0 Å². The van der Waals surface area contributed by atoms with Gasteiger partial charge in [-0.15, -0.1) is 0 Å². The Kier molecular flexibility index (Phi) is 3.43. The van der Waals surface area contributed by atoms with Crippen LogP contribution in [-0.2, 0) is 4.74 Å². The van der Waals surface area contributed by atoms with Gasteiger partial charge >= 0.3 is 0 Å². The number of ketones is 1. The topological polar surface area (TPSA) is 68.5 Å². The molecule has 0 amide bonds. The summed E-state index contributed by atoms with van der Waals surface area (Å²) >= 11 is 5.87. The molecule has 0 radical (unpaired) electrons. The number of hydrogen-bond donors (Lipinski definition) is 1. The molecule has 2 aliphatic rings. The van der Waals surface area contributed by atoms with Crippen molar-refractivity contribution in [1.82, 2.24) is 9.88 Å². The van der Waals surface area contributed by atoms with E-state index in [9.17, 15) is 4.79 Å². The average Bonchev–Trinajstić information content (AvgIpc) is 2.88.